The molecule has 1 aromatic carbocycles. The van der Waals surface area contributed by atoms with Gasteiger partial charge in [0.05, 0.1) is 17.8 Å². The molecule has 0 amide bonds. The highest BCUT2D eigenvalue weighted by atomic mass is 79.9. The second-order valence-electron chi connectivity index (χ2n) is 4.39. The quantitative estimate of drug-likeness (QED) is 0.823. The van der Waals surface area contributed by atoms with E-state index in [1.54, 1.807) is 0 Å². The van der Waals surface area contributed by atoms with Crippen LogP contribution in [0.4, 0.5) is 17.6 Å². The molecule has 0 aliphatic heterocycles. The number of rotatable bonds is 3. The lowest BCUT2D eigenvalue weighted by atomic mass is 9.95. The highest BCUT2D eigenvalue weighted by Gasteiger charge is 2.35. The Kier molecular flexibility index (Phi) is 4.63. The van der Waals surface area contributed by atoms with E-state index in [1.165, 1.54) is 25.4 Å². The zero-order valence-corrected chi connectivity index (χ0v) is 12.5. The molecule has 7 heteroatoms. The van der Waals surface area contributed by atoms with E-state index in [2.05, 4.69) is 26.2 Å². The van der Waals surface area contributed by atoms with Crippen molar-refractivity contribution in [1.82, 2.24) is 10.3 Å². The molecule has 1 atom stereocenters. The molecule has 2 rings (SSSR count). The summed E-state index contributed by atoms with van der Waals surface area (Å²) in [5, 5.41) is 2.77. The molecule has 0 saturated carbocycles. The molecule has 0 bridgehead atoms. The Balaban J connectivity index is 2.58. The Labute approximate surface area is 127 Å². The predicted molar refractivity (Wildman–Crippen MR) is 74.2 cm³/mol. The van der Waals surface area contributed by atoms with Crippen molar-refractivity contribution < 1.29 is 17.6 Å². The largest absolute Gasteiger partial charge is 0.416 e. The number of hydrogen-bond donors (Lipinski definition) is 1. The molecule has 1 unspecified atom stereocenters. The monoisotopic (exact) mass is 362 g/mol. The molecule has 2 nitrogen and oxygen atoms in total. The van der Waals surface area contributed by atoms with Crippen molar-refractivity contribution in [1.29, 1.82) is 0 Å². The number of hydrogen-bond acceptors (Lipinski definition) is 2. The SMILES string of the molecule is CNC(c1cncc(F)c1)c1ccc(Br)cc1C(F)(F)F. The summed E-state index contributed by atoms with van der Waals surface area (Å²) in [6.45, 7) is 0. The topological polar surface area (TPSA) is 24.9 Å². The highest BCUT2D eigenvalue weighted by molar-refractivity contribution is 9.10. The molecular weight excluding hydrogens is 352 g/mol. The Morgan fingerprint density at radius 3 is 2.48 bits per heavy atom. The second-order valence-corrected chi connectivity index (χ2v) is 5.30. The molecule has 112 valence electrons. The zero-order chi connectivity index (χ0) is 15.6. The molecule has 0 radical (unpaired) electrons. The fraction of sp³-hybridized carbons (Fsp3) is 0.214. The highest BCUT2D eigenvalue weighted by Crippen LogP contribution is 2.37. The van der Waals surface area contributed by atoms with Crippen LogP contribution in [0.5, 0.6) is 0 Å². The summed E-state index contributed by atoms with van der Waals surface area (Å²) < 4.78 is 53.1. The van der Waals surface area contributed by atoms with Crippen LogP contribution in [-0.2, 0) is 6.18 Å². The van der Waals surface area contributed by atoms with Gasteiger partial charge in [-0.1, -0.05) is 22.0 Å². The normalized spacial score (nSPS) is 13.2. The lowest BCUT2D eigenvalue weighted by Gasteiger charge is -2.22. The van der Waals surface area contributed by atoms with E-state index in [0.29, 0.717) is 10.0 Å². The van der Waals surface area contributed by atoms with Crippen LogP contribution in [0.3, 0.4) is 0 Å². The molecule has 0 saturated heterocycles. The summed E-state index contributed by atoms with van der Waals surface area (Å²) in [4.78, 5) is 3.68. The van der Waals surface area contributed by atoms with Gasteiger partial charge < -0.3 is 5.32 Å². The summed E-state index contributed by atoms with van der Waals surface area (Å²) >= 11 is 3.03. The van der Waals surface area contributed by atoms with Gasteiger partial charge in [-0.2, -0.15) is 13.2 Å². The first-order valence-corrected chi connectivity index (χ1v) is 6.76. The van der Waals surface area contributed by atoms with Crippen LogP contribution in [-0.4, -0.2) is 12.0 Å². The van der Waals surface area contributed by atoms with Gasteiger partial charge >= 0.3 is 6.18 Å². The van der Waals surface area contributed by atoms with Gasteiger partial charge in [0.15, 0.2) is 0 Å². The first-order valence-electron chi connectivity index (χ1n) is 5.97. The minimum atomic E-state index is -4.50. The van der Waals surface area contributed by atoms with Crippen LogP contribution >= 0.6 is 15.9 Å². The maximum atomic E-state index is 13.3. The lowest BCUT2D eigenvalue weighted by molar-refractivity contribution is -0.138. The van der Waals surface area contributed by atoms with E-state index in [4.69, 9.17) is 0 Å². The Morgan fingerprint density at radius 2 is 1.90 bits per heavy atom. The maximum Gasteiger partial charge on any atom is 0.416 e. The minimum absolute atomic E-state index is 0.0144. The van der Waals surface area contributed by atoms with Crippen molar-refractivity contribution in [2.24, 2.45) is 0 Å². The van der Waals surface area contributed by atoms with E-state index in [9.17, 15) is 17.6 Å². The van der Waals surface area contributed by atoms with Crippen LogP contribution in [0.15, 0.2) is 41.1 Å². The van der Waals surface area contributed by atoms with E-state index < -0.39 is 23.6 Å². The van der Waals surface area contributed by atoms with Crippen molar-refractivity contribution in [2.75, 3.05) is 7.05 Å². The molecule has 0 fully saturated rings. The number of nitrogens with zero attached hydrogens (tertiary/aromatic N) is 1. The third-order valence-electron chi connectivity index (χ3n) is 2.98. The summed E-state index contributed by atoms with van der Waals surface area (Å²) in [6.07, 6.45) is -2.16. The van der Waals surface area contributed by atoms with E-state index in [-0.39, 0.29) is 5.56 Å². The van der Waals surface area contributed by atoms with Gasteiger partial charge in [-0.3, -0.25) is 4.98 Å². The average molecular weight is 363 g/mol. The van der Waals surface area contributed by atoms with Crippen molar-refractivity contribution in [2.45, 2.75) is 12.2 Å². The number of alkyl halides is 3. The maximum absolute atomic E-state index is 13.3. The molecule has 0 spiro atoms. The smallest absolute Gasteiger partial charge is 0.309 e. The number of halogens is 5. The Morgan fingerprint density at radius 1 is 1.19 bits per heavy atom. The second kappa shape index (κ2) is 6.11. The summed E-state index contributed by atoms with van der Waals surface area (Å²) in [6, 6.07) is 4.24. The third-order valence-corrected chi connectivity index (χ3v) is 3.47. The van der Waals surface area contributed by atoms with Crippen LogP contribution in [0, 0.1) is 5.82 Å². The molecule has 0 aliphatic rings. The minimum Gasteiger partial charge on any atom is -0.309 e. The van der Waals surface area contributed by atoms with Gasteiger partial charge in [-0.15, -0.1) is 0 Å². The van der Waals surface area contributed by atoms with E-state index in [0.717, 1.165) is 18.3 Å². The standard InChI is InChI=1S/C14H11BrF4N2/c1-20-13(8-4-10(16)7-21-6-8)11-3-2-9(15)5-12(11)14(17,18)19/h2-7,13,20H,1H3. The van der Waals surface area contributed by atoms with Gasteiger partial charge in [0, 0.05) is 10.7 Å². The molecule has 21 heavy (non-hydrogen) atoms. The van der Waals surface area contributed by atoms with Crippen molar-refractivity contribution in [3.05, 3.63) is 63.6 Å². The molecule has 2 aromatic rings. The summed E-state index contributed by atoms with van der Waals surface area (Å²) in [5.74, 6) is -0.599. The number of nitrogens with one attached hydrogen (secondary N) is 1. The van der Waals surface area contributed by atoms with Crippen LogP contribution in [0.25, 0.3) is 0 Å². The lowest BCUT2D eigenvalue weighted by Crippen LogP contribution is -2.22. The molecular formula is C14H11BrF4N2. The van der Waals surface area contributed by atoms with Gasteiger partial charge in [0.1, 0.15) is 5.82 Å². The fourth-order valence-corrected chi connectivity index (χ4v) is 2.47. The van der Waals surface area contributed by atoms with Gasteiger partial charge in [0.25, 0.3) is 0 Å². The molecule has 1 aromatic heterocycles. The molecule has 0 aliphatic carbocycles. The van der Waals surface area contributed by atoms with Crippen molar-refractivity contribution in [3.63, 3.8) is 0 Å². The third kappa shape index (κ3) is 3.59. The number of pyridine rings is 1. The van der Waals surface area contributed by atoms with Crippen LogP contribution in [0.1, 0.15) is 22.7 Å². The number of aromatic nitrogens is 1. The summed E-state index contributed by atoms with van der Waals surface area (Å²) in [5.41, 5.74) is -0.439. The van der Waals surface area contributed by atoms with Gasteiger partial charge in [-0.25, -0.2) is 4.39 Å². The Bertz CT molecular complexity index is 643. The van der Waals surface area contributed by atoms with Crippen molar-refractivity contribution in [3.8, 4) is 0 Å². The number of benzene rings is 1. The predicted octanol–water partition coefficient (Wildman–Crippen LogP) is 4.31. The fourth-order valence-electron chi connectivity index (χ4n) is 2.11. The first-order chi connectivity index (χ1) is 9.82. The van der Waals surface area contributed by atoms with Crippen LogP contribution in [0.2, 0.25) is 0 Å². The zero-order valence-electron chi connectivity index (χ0n) is 10.9. The molecule has 1 N–H and O–H groups in total. The average Bonchev–Trinajstić information content (AvgIpc) is 2.40. The van der Waals surface area contributed by atoms with Crippen molar-refractivity contribution >= 4 is 15.9 Å². The van der Waals surface area contributed by atoms with Gasteiger partial charge in [0.2, 0.25) is 0 Å². The first kappa shape index (κ1) is 15.9. The summed E-state index contributed by atoms with van der Waals surface area (Å²) in [7, 11) is 1.51. The van der Waals surface area contributed by atoms with E-state index in [1.807, 2.05) is 0 Å². The van der Waals surface area contributed by atoms with Gasteiger partial charge in [-0.05, 0) is 36.4 Å². The van der Waals surface area contributed by atoms with Crippen LogP contribution < -0.4 is 5.32 Å². The van der Waals surface area contributed by atoms with E-state index >= 15 is 0 Å². The Hall–Kier alpha value is -1.47. The molecule has 1 heterocycles.